The van der Waals surface area contributed by atoms with Crippen LogP contribution in [0.2, 0.25) is 0 Å². The van der Waals surface area contributed by atoms with Crippen molar-refractivity contribution in [2.75, 3.05) is 13.2 Å². The highest BCUT2D eigenvalue weighted by Gasteiger charge is 2.31. The maximum Gasteiger partial charge on any atom is 0.193 e. The molecule has 3 heteroatoms. The number of rotatable bonds is 4. The van der Waals surface area contributed by atoms with Crippen LogP contribution >= 0.6 is 0 Å². The van der Waals surface area contributed by atoms with E-state index in [9.17, 15) is 0 Å². The highest BCUT2D eigenvalue weighted by molar-refractivity contribution is 6.31. The van der Waals surface area contributed by atoms with Gasteiger partial charge in [-0.3, -0.25) is 0 Å². The van der Waals surface area contributed by atoms with Crippen molar-refractivity contribution >= 4 is 9.76 Å². The maximum atomic E-state index is 6.29. The Hall–Kier alpha value is -1.42. The van der Waals surface area contributed by atoms with Crippen molar-refractivity contribution in [3.8, 4) is 11.1 Å². The number of ether oxygens (including phenoxy) is 1. The third-order valence-corrected chi connectivity index (χ3v) is 6.81. The summed E-state index contributed by atoms with van der Waals surface area (Å²) in [5.41, 5.74) is 5.58. The van der Waals surface area contributed by atoms with Gasteiger partial charge in [0.1, 0.15) is 0 Å². The molecule has 23 heavy (non-hydrogen) atoms. The minimum absolute atomic E-state index is 0.0376. The molecule has 1 fully saturated rings. The molecule has 0 bridgehead atoms. The van der Waals surface area contributed by atoms with Crippen LogP contribution in [0.4, 0.5) is 0 Å². The van der Waals surface area contributed by atoms with Gasteiger partial charge in [0, 0.05) is 19.1 Å². The minimum Gasteiger partial charge on any atom is -0.420 e. The Morgan fingerprint density at radius 1 is 1.04 bits per heavy atom. The smallest absolute Gasteiger partial charge is 0.193 e. The lowest BCUT2D eigenvalue weighted by atomic mass is 9.98. The summed E-state index contributed by atoms with van der Waals surface area (Å²) in [5.74, 6) is 0.377. The number of hydrogen-bond acceptors (Lipinski definition) is 2. The molecular formula is C20H24O2Si. The fourth-order valence-corrected chi connectivity index (χ4v) is 5.35. The SMILES string of the molecule is CC1([SiH2]OCC2c3ccccc3-c3ccccc32)CCCCO1. The van der Waals surface area contributed by atoms with Crippen LogP contribution in [0.1, 0.15) is 43.2 Å². The van der Waals surface area contributed by atoms with E-state index in [1.165, 1.54) is 35.1 Å². The summed E-state index contributed by atoms with van der Waals surface area (Å²) in [5, 5.41) is 0.0376. The Bertz CT molecular complexity index is 646. The van der Waals surface area contributed by atoms with Gasteiger partial charge in [0.25, 0.3) is 0 Å². The van der Waals surface area contributed by atoms with E-state index in [-0.39, 0.29) is 5.22 Å². The second kappa shape index (κ2) is 6.23. The van der Waals surface area contributed by atoms with Crippen molar-refractivity contribution < 1.29 is 9.16 Å². The Morgan fingerprint density at radius 3 is 2.30 bits per heavy atom. The third kappa shape index (κ3) is 2.89. The number of benzene rings is 2. The molecule has 1 aliphatic heterocycles. The van der Waals surface area contributed by atoms with Crippen molar-refractivity contribution in [1.29, 1.82) is 0 Å². The summed E-state index contributed by atoms with van der Waals surface area (Å²) in [4.78, 5) is 0. The maximum absolute atomic E-state index is 6.29. The first-order chi connectivity index (χ1) is 11.3. The quantitative estimate of drug-likeness (QED) is 0.796. The molecule has 2 nitrogen and oxygen atoms in total. The van der Waals surface area contributed by atoms with Crippen LogP contribution in [0, 0.1) is 0 Å². The lowest BCUT2D eigenvalue weighted by Gasteiger charge is -2.33. The molecule has 1 atom stereocenters. The molecule has 1 saturated heterocycles. The summed E-state index contributed by atoms with van der Waals surface area (Å²) in [7, 11) is -0.687. The van der Waals surface area contributed by atoms with E-state index in [1.807, 2.05) is 0 Å². The zero-order valence-corrected chi connectivity index (χ0v) is 15.2. The van der Waals surface area contributed by atoms with Crippen LogP contribution in [-0.2, 0) is 9.16 Å². The van der Waals surface area contributed by atoms with Crippen LogP contribution < -0.4 is 0 Å². The summed E-state index contributed by atoms with van der Waals surface area (Å²) >= 11 is 0. The van der Waals surface area contributed by atoms with Gasteiger partial charge in [-0.15, -0.1) is 0 Å². The average Bonchev–Trinajstić information content (AvgIpc) is 2.90. The molecule has 0 amide bonds. The zero-order valence-electron chi connectivity index (χ0n) is 13.8. The summed E-state index contributed by atoms with van der Waals surface area (Å²) < 4.78 is 12.3. The van der Waals surface area contributed by atoms with E-state index in [2.05, 4.69) is 55.5 Å². The second-order valence-electron chi connectivity index (χ2n) is 7.00. The fraction of sp³-hybridized carbons (Fsp3) is 0.400. The topological polar surface area (TPSA) is 18.5 Å². The molecule has 1 aliphatic carbocycles. The van der Waals surface area contributed by atoms with Gasteiger partial charge >= 0.3 is 0 Å². The van der Waals surface area contributed by atoms with Gasteiger partial charge in [-0.25, -0.2) is 0 Å². The van der Waals surface area contributed by atoms with Crippen LogP contribution in [0.25, 0.3) is 11.1 Å². The Labute approximate surface area is 140 Å². The van der Waals surface area contributed by atoms with E-state index in [1.54, 1.807) is 0 Å². The molecule has 2 aromatic carbocycles. The predicted molar refractivity (Wildman–Crippen MR) is 96.4 cm³/mol. The standard InChI is InChI=1S/C20H24O2Si/c1-20(12-6-7-13-21-20)23-22-14-19-17-10-4-2-8-15(17)16-9-3-5-11-18(16)19/h2-5,8-11,19H,6-7,12-14,23H2,1H3. The first-order valence-corrected chi connectivity index (χ1v) is 9.95. The van der Waals surface area contributed by atoms with Crippen LogP contribution in [0.15, 0.2) is 48.5 Å². The molecular weight excluding hydrogens is 300 g/mol. The van der Waals surface area contributed by atoms with Gasteiger partial charge in [-0.2, -0.15) is 0 Å². The predicted octanol–water partition coefficient (Wildman–Crippen LogP) is 3.82. The first-order valence-electron chi connectivity index (χ1n) is 8.67. The van der Waals surface area contributed by atoms with E-state index in [0.29, 0.717) is 5.92 Å². The Balaban J connectivity index is 1.51. The van der Waals surface area contributed by atoms with E-state index >= 15 is 0 Å². The molecule has 2 aromatic rings. The minimum atomic E-state index is -0.687. The van der Waals surface area contributed by atoms with Crippen molar-refractivity contribution in [1.82, 2.24) is 0 Å². The molecule has 0 aromatic heterocycles. The van der Waals surface area contributed by atoms with Gasteiger partial charge in [-0.05, 0) is 48.4 Å². The van der Waals surface area contributed by atoms with Gasteiger partial charge in [0.05, 0.1) is 5.22 Å². The lowest BCUT2D eigenvalue weighted by molar-refractivity contribution is -0.0169. The first kappa shape index (κ1) is 15.1. The van der Waals surface area contributed by atoms with Gasteiger partial charge in [-0.1, -0.05) is 48.5 Å². The van der Waals surface area contributed by atoms with Gasteiger partial charge < -0.3 is 9.16 Å². The molecule has 0 N–H and O–H groups in total. The Kier molecular flexibility index (Phi) is 4.10. The summed E-state index contributed by atoms with van der Waals surface area (Å²) in [6.45, 7) is 3.94. The lowest BCUT2D eigenvalue weighted by Crippen LogP contribution is -2.40. The van der Waals surface area contributed by atoms with Gasteiger partial charge in [0.15, 0.2) is 9.76 Å². The molecule has 2 aliphatic rings. The molecule has 1 unspecified atom stereocenters. The average molecular weight is 324 g/mol. The van der Waals surface area contributed by atoms with Crippen LogP contribution in [0.3, 0.4) is 0 Å². The number of hydrogen-bond donors (Lipinski definition) is 0. The number of fused-ring (bicyclic) bond motifs is 3. The highest BCUT2D eigenvalue weighted by Crippen LogP contribution is 2.44. The highest BCUT2D eigenvalue weighted by atomic mass is 28.2. The molecule has 4 rings (SSSR count). The Morgan fingerprint density at radius 2 is 1.70 bits per heavy atom. The van der Waals surface area contributed by atoms with Crippen molar-refractivity contribution in [3.63, 3.8) is 0 Å². The van der Waals surface area contributed by atoms with Gasteiger partial charge in [0.2, 0.25) is 0 Å². The van der Waals surface area contributed by atoms with Crippen molar-refractivity contribution in [3.05, 3.63) is 59.7 Å². The summed E-state index contributed by atoms with van der Waals surface area (Å²) in [6, 6.07) is 17.5. The summed E-state index contributed by atoms with van der Waals surface area (Å²) in [6.07, 6.45) is 3.65. The van der Waals surface area contributed by atoms with E-state index in [0.717, 1.165) is 19.6 Å². The van der Waals surface area contributed by atoms with Crippen molar-refractivity contribution in [2.45, 2.75) is 37.3 Å². The van der Waals surface area contributed by atoms with Crippen molar-refractivity contribution in [2.24, 2.45) is 0 Å². The molecule has 120 valence electrons. The van der Waals surface area contributed by atoms with E-state index in [4.69, 9.17) is 9.16 Å². The fourth-order valence-electron chi connectivity index (χ4n) is 3.94. The monoisotopic (exact) mass is 324 g/mol. The van der Waals surface area contributed by atoms with E-state index < -0.39 is 9.76 Å². The zero-order chi connectivity index (χ0) is 15.7. The third-order valence-electron chi connectivity index (χ3n) is 5.20. The molecule has 1 heterocycles. The molecule has 0 spiro atoms. The van der Waals surface area contributed by atoms with Crippen LogP contribution in [0.5, 0.6) is 0 Å². The largest absolute Gasteiger partial charge is 0.420 e. The van der Waals surface area contributed by atoms with Crippen LogP contribution in [-0.4, -0.2) is 28.2 Å². The molecule has 0 saturated carbocycles. The molecule has 0 radical (unpaired) electrons. The normalized spacial score (nSPS) is 24.0. The second-order valence-corrected chi connectivity index (χ2v) is 9.19.